The number of aliphatic hydroxyl groups excluding tert-OH is 1. The van der Waals surface area contributed by atoms with E-state index in [1.54, 1.807) is 14.0 Å². The molecular weight excluding hydrogens is 146 g/mol. The Labute approximate surface area is 66.8 Å². The Morgan fingerprint density at radius 1 is 1.73 bits per heavy atom. The van der Waals surface area contributed by atoms with Crippen molar-refractivity contribution < 1.29 is 14.6 Å². The molecule has 0 saturated heterocycles. The lowest BCUT2D eigenvalue weighted by atomic mass is 10.4. The maximum atomic E-state index is 10.9. The lowest BCUT2D eigenvalue weighted by molar-refractivity contribution is -0.138. The number of carbonyl (C=O) groups is 1. The minimum Gasteiger partial charge on any atom is -0.366 e. The Balaban J connectivity index is 3.67. The van der Waals surface area contributed by atoms with Crippen molar-refractivity contribution in [1.29, 1.82) is 0 Å². The molecule has 0 aliphatic rings. The second-order valence-corrected chi connectivity index (χ2v) is 2.32. The van der Waals surface area contributed by atoms with Gasteiger partial charge in [-0.25, -0.2) is 0 Å². The summed E-state index contributed by atoms with van der Waals surface area (Å²) < 4.78 is 4.58. The van der Waals surface area contributed by atoms with Crippen molar-refractivity contribution in [2.24, 2.45) is 0 Å². The molecule has 0 aliphatic carbocycles. The monoisotopic (exact) mass is 161 g/mol. The summed E-state index contributed by atoms with van der Waals surface area (Å²) in [7, 11) is 3.03. The molecule has 0 fully saturated rings. The maximum absolute atomic E-state index is 10.9. The van der Waals surface area contributed by atoms with Crippen molar-refractivity contribution in [3.8, 4) is 0 Å². The Morgan fingerprint density at radius 3 is 2.64 bits per heavy atom. The molecule has 1 N–H and O–H groups in total. The standard InChI is InChI=1S/C7H15NO3/c1-4-6(9)8(2)5-7(10)11-3/h7,10H,4-5H2,1-3H3. The average Bonchev–Trinajstić information content (AvgIpc) is 2.02. The third-order valence-corrected chi connectivity index (χ3v) is 1.43. The van der Waals surface area contributed by atoms with Gasteiger partial charge in [0.15, 0.2) is 6.29 Å². The third-order valence-electron chi connectivity index (χ3n) is 1.43. The molecule has 1 atom stereocenters. The van der Waals surface area contributed by atoms with Gasteiger partial charge < -0.3 is 14.7 Å². The van der Waals surface area contributed by atoms with Crippen molar-refractivity contribution in [1.82, 2.24) is 4.90 Å². The summed E-state index contributed by atoms with van der Waals surface area (Å²) in [5, 5.41) is 8.96. The minimum absolute atomic E-state index is 0.00102. The number of methoxy groups -OCH3 is 1. The molecule has 0 aromatic heterocycles. The van der Waals surface area contributed by atoms with E-state index in [0.29, 0.717) is 6.42 Å². The summed E-state index contributed by atoms with van der Waals surface area (Å²) >= 11 is 0. The van der Waals surface area contributed by atoms with E-state index >= 15 is 0 Å². The molecule has 66 valence electrons. The molecule has 4 nitrogen and oxygen atoms in total. The largest absolute Gasteiger partial charge is 0.366 e. The van der Waals surface area contributed by atoms with Crippen molar-refractivity contribution in [3.05, 3.63) is 0 Å². The van der Waals surface area contributed by atoms with E-state index in [2.05, 4.69) is 4.74 Å². The molecular formula is C7H15NO3. The van der Waals surface area contributed by atoms with Crippen LogP contribution in [0.5, 0.6) is 0 Å². The van der Waals surface area contributed by atoms with Gasteiger partial charge in [0, 0.05) is 20.6 Å². The fraction of sp³-hybridized carbons (Fsp3) is 0.857. The maximum Gasteiger partial charge on any atom is 0.222 e. The zero-order valence-corrected chi connectivity index (χ0v) is 7.20. The topological polar surface area (TPSA) is 49.8 Å². The van der Waals surface area contributed by atoms with Crippen LogP contribution in [0.4, 0.5) is 0 Å². The molecule has 0 bridgehead atoms. The van der Waals surface area contributed by atoms with Crippen LogP contribution in [0.15, 0.2) is 0 Å². The highest BCUT2D eigenvalue weighted by molar-refractivity contribution is 5.75. The number of carbonyl (C=O) groups excluding carboxylic acids is 1. The van der Waals surface area contributed by atoms with E-state index in [1.165, 1.54) is 12.0 Å². The number of hydrogen-bond donors (Lipinski definition) is 1. The van der Waals surface area contributed by atoms with Gasteiger partial charge in [0.2, 0.25) is 5.91 Å². The van der Waals surface area contributed by atoms with Crippen LogP contribution in [0.3, 0.4) is 0 Å². The lowest BCUT2D eigenvalue weighted by Crippen LogP contribution is -2.34. The fourth-order valence-electron chi connectivity index (χ4n) is 0.681. The molecule has 1 unspecified atom stereocenters. The number of amides is 1. The first-order valence-corrected chi connectivity index (χ1v) is 3.56. The van der Waals surface area contributed by atoms with Crippen molar-refractivity contribution in [2.45, 2.75) is 19.6 Å². The van der Waals surface area contributed by atoms with E-state index in [4.69, 9.17) is 5.11 Å². The second-order valence-electron chi connectivity index (χ2n) is 2.32. The van der Waals surface area contributed by atoms with Crippen LogP contribution in [0, 0.1) is 0 Å². The van der Waals surface area contributed by atoms with Gasteiger partial charge in [-0.3, -0.25) is 4.79 Å². The normalized spacial score (nSPS) is 12.7. The number of aliphatic hydroxyl groups is 1. The van der Waals surface area contributed by atoms with Crippen molar-refractivity contribution >= 4 is 5.91 Å². The van der Waals surface area contributed by atoms with Crippen LogP contribution in [0.2, 0.25) is 0 Å². The van der Waals surface area contributed by atoms with Crippen LogP contribution in [0.25, 0.3) is 0 Å². The first-order valence-electron chi connectivity index (χ1n) is 3.56. The highest BCUT2D eigenvalue weighted by atomic mass is 16.6. The molecule has 0 radical (unpaired) electrons. The summed E-state index contributed by atoms with van der Waals surface area (Å²) in [6.45, 7) is 2.00. The zero-order chi connectivity index (χ0) is 8.85. The molecule has 1 amide bonds. The van der Waals surface area contributed by atoms with E-state index in [-0.39, 0.29) is 12.5 Å². The van der Waals surface area contributed by atoms with Gasteiger partial charge in [0.1, 0.15) is 0 Å². The SMILES string of the molecule is CCC(=O)N(C)CC(O)OC. The van der Waals surface area contributed by atoms with Gasteiger partial charge in [-0.1, -0.05) is 6.92 Å². The summed E-state index contributed by atoms with van der Waals surface area (Å²) in [5.41, 5.74) is 0. The van der Waals surface area contributed by atoms with E-state index in [1.807, 2.05) is 0 Å². The zero-order valence-electron chi connectivity index (χ0n) is 7.20. The molecule has 11 heavy (non-hydrogen) atoms. The molecule has 0 aromatic carbocycles. The first kappa shape index (κ1) is 10.4. The number of rotatable bonds is 4. The Kier molecular flexibility index (Phi) is 4.81. The lowest BCUT2D eigenvalue weighted by Gasteiger charge is -2.18. The van der Waals surface area contributed by atoms with Crippen LogP contribution in [0.1, 0.15) is 13.3 Å². The summed E-state index contributed by atoms with van der Waals surface area (Å²) in [6.07, 6.45) is -0.428. The van der Waals surface area contributed by atoms with Crippen LogP contribution >= 0.6 is 0 Å². The second kappa shape index (κ2) is 5.09. The smallest absolute Gasteiger partial charge is 0.222 e. The van der Waals surface area contributed by atoms with Crippen molar-refractivity contribution in [3.63, 3.8) is 0 Å². The number of nitrogens with zero attached hydrogens (tertiary/aromatic N) is 1. The van der Waals surface area contributed by atoms with Crippen molar-refractivity contribution in [2.75, 3.05) is 20.7 Å². The van der Waals surface area contributed by atoms with Crippen LogP contribution < -0.4 is 0 Å². The summed E-state index contributed by atoms with van der Waals surface area (Å²) in [5.74, 6) is 0.00102. The highest BCUT2D eigenvalue weighted by Crippen LogP contribution is 1.93. The van der Waals surface area contributed by atoms with Gasteiger partial charge in [-0.2, -0.15) is 0 Å². The minimum atomic E-state index is -0.879. The van der Waals surface area contributed by atoms with Crippen LogP contribution in [-0.2, 0) is 9.53 Å². The van der Waals surface area contributed by atoms with E-state index in [0.717, 1.165) is 0 Å². The number of likely N-dealkylation sites (N-methyl/N-ethyl adjacent to an activating group) is 1. The number of ether oxygens (including phenoxy) is 1. The highest BCUT2D eigenvalue weighted by Gasteiger charge is 2.10. The molecule has 0 rings (SSSR count). The summed E-state index contributed by atoms with van der Waals surface area (Å²) in [4.78, 5) is 12.4. The molecule has 0 aliphatic heterocycles. The van der Waals surface area contributed by atoms with Gasteiger partial charge in [-0.05, 0) is 0 Å². The Bertz CT molecular complexity index is 127. The van der Waals surface area contributed by atoms with Gasteiger partial charge in [-0.15, -0.1) is 0 Å². The predicted molar refractivity (Wildman–Crippen MR) is 40.9 cm³/mol. The first-order chi connectivity index (χ1) is 5.11. The predicted octanol–water partition coefficient (Wildman–Crippen LogP) is -0.180. The van der Waals surface area contributed by atoms with Gasteiger partial charge in [0.25, 0.3) is 0 Å². The fourth-order valence-corrected chi connectivity index (χ4v) is 0.681. The van der Waals surface area contributed by atoms with E-state index < -0.39 is 6.29 Å². The molecule has 0 aromatic rings. The molecule has 0 spiro atoms. The van der Waals surface area contributed by atoms with E-state index in [9.17, 15) is 4.79 Å². The third kappa shape index (κ3) is 3.95. The average molecular weight is 161 g/mol. The molecule has 0 saturated carbocycles. The molecule has 0 heterocycles. The quantitative estimate of drug-likeness (QED) is 0.582. The van der Waals surface area contributed by atoms with Gasteiger partial charge >= 0.3 is 0 Å². The number of hydrogen-bond acceptors (Lipinski definition) is 3. The summed E-state index contributed by atoms with van der Waals surface area (Å²) in [6, 6.07) is 0. The Hall–Kier alpha value is -0.610. The Morgan fingerprint density at radius 2 is 2.27 bits per heavy atom. The van der Waals surface area contributed by atoms with Crippen LogP contribution in [-0.4, -0.2) is 42.9 Å². The van der Waals surface area contributed by atoms with Gasteiger partial charge in [0.05, 0.1) is 6.54 Å². The molecule has 4 heteroatoms.